The molecule has 2 aromatic carbocycles. The van der Waals surface area contributed by atoms with Crippen molar-refractivity contribution >= 4 is 23.5 Å². The van der Waals surface area contributed by atoms with Gasteiger partial charge in [0.25, 0.3) is 0 Å². The monoisotopic (exact) mass is 349 g/mol. The molecule has 0 spiro atoms. The van der Waals surface area contributed by atoms with Crippen LogP contribution in [-0.2, 0) is 4.79 Å². The summed E-state index contributed by atoms with van der Waals surface area (Å²) in [7, 11) is 0. The van der Waals surface area contributed by atoms with E-state index < -0.39 is 17.9 Å². The molecule has 0 fully saturated rings. The molecule has 0 heterocycles. The van der Waals surface area contributed by atoms with Crippen molar-refractivity contribution in [3.8, 4) is 11.5 Å². The van der Waals surface area contributed by atoms with Gasteiger partial charge in [-0.2, -0.15) is 0 Å². The Morgan fingerprint density at radius 3 is 2.25 bits per heavy atom. The lowest BCUT2D eigenvalue weighted by Gasteiger charge is -2.16. The molecule has 24 heavy (non-hydrogen) atoms. The number of halogens is 1. The number of carboxylic acids is 2. The van der Waals surface area contributed by atoms with Crippen LogP contribution in [0.25, 0.3) is 0 Å². The number of hydrogen-bond acceptors (Lipinski definition) is 4. The van der Waals surface area contributed by atoms with E-state index in [-0.39, 0.29) is 18.5 Å². The number of aliphatic carboxylic acids is 1. The van der Waals surface area contributed by atoms with Gasteiger partial charge in [0.2, 0.25) is 0 Å². The SMILES string of the molecule is NCC(CC(=O)O)c1cc(Oc2ccc(C(=O)O)cc2)ccc1Cl. The Morgan fingerprint density at radius 1 is 1.08 bits per heavy atom. The van der Waals surface area contributed by atoms with Crippen LogP contribution in [0, 0.1) is 0 Å². The molecule has 126 valence electrons. The lowest BCUT2D eigenvalue weighted by atomic mass is 9.95. The number of rotatable bonds is 7. The summed E-state index contributed by atoms with van der Waals surface area (Å²) in [5.74, 6) is -1.49. The molecule has 0 aromatic heterocycles. The van der Waals surface area contributed by atoms with Crippen molar-refractivity contribution in [1.82, 2.24) is 0 Å². The van der Waals surface area contributed by atoms with Gasteiger partial charge in [-0.05, 0) is 54.6 Å². The van der Waals surface area contributed by atoms with E-state index in [4.69, 9.17) is 32.3 Å². The topological polar surface area (TPSA) is 110 Å². The molecule has 6 nitrogen and oxygen atoms in total. The van der Waals surface area contributed by atoms with Crippen molar-refractivity contribution < 1.29 is 24.5 Å². The second-order valence-electron chi connectivity index (χ2n) is 5.15. The lowest BCUT2D eigenvalue weighted by Crippen LogP contribution is -2.16. The fourth-order valence-electron chi connectivity index (χ4n) is 2.23. The van der Waals surface area contributed by atoms with Crippen LogP contribution < -0.4 is 10.5 Å². The van der Waals surface area contributed by atoms with E-state index >= 15 is 0 Å². The molecule has 0 aliphatic rings. The number of benzene rings is 2. The van der Waals surface area contributed by atoms with Gasteiger partial charge in [0.15, 0.2) is 0 Å². The Morgan fingerprint density at radius 2 is 1.71 bits per heavy atom. The third-order valence-electron chi connectivity index (χ3n) is 3.45. The third-order valence-corrected chi connectivity index (χ3v) is 3.79. The maximum atomic E-state index is 10.9. The summed E-state index contributed by atoms with van der Waals surface area (Å²) < 4.78 is 5.67. The Bertz CT molecular complexity index is 745. The second kappa shape index (κ2) is 7.81. The predicted octanol–water partition coefficient (Wildman–Crippen LogP) is 3.35. The molecule has 1 unspecified atom stereocenters. The molecule has 0 bridgehead atoms. The number of aromatic carboxylic acids is 1. The van der Waals surface area contributed by atoms with Crippen molar-refractivity contribution in [3.05, 3.63) is 58.6 Å². The highest BCUT2D eigenvalue weighted by atomic mass is 35.5. The van der Waals surface area contributed by atoms with E-state index in [1.807, 2.05) is 0 Å². The standard InChI is InChI=1S/C17H16ClNO5/c18-15-6-5-13(8-14(15)11(9-19)7-16(20)21)24-12-3-1-10(2-4-12)17(22)23/h1-6,8,11H,7,9,19H2,(H,20,21)(H,22,23). The Hall–Kier alpha value is -2.57. The number of ether oxygens (including phenoxy) is 1. The maximum Gasteiger partial charge on any atom is 0.335 e. The van der Waals surface area contributed by atoms with Crippen molar-refractivity contribution in [2.75, 3.05) is 6.54 Å². The summed E-state index contributed by atoms with van der Waals surface area (Å²) in [6, 6.07) is 10.8. The number of carbonyl (C=O) groups is 2. The average molecular weight is 350 g/mol. The summed E-state index contributed by atoms with van der Waals surface area (Å²) in [4.78, 5) is 21.8. The second-order valence-corrected chi connectivity index (χ2v) is 5.55. The third kappa shape index (κ3) is 4.47. The van der Waals surface area contributed by atoms with Crippen LogP contribution in [0.5, 0.6) is 11.5 Å². The molecule has 0 amide bonds. The molecular formula is C17H16ClNO5. The fraction of sp³-hybridized carbons (Fsp3) is 0.176. The zero-order chi connectivity index (χ0) is 17.7. The fourth-order valence-corrected chi connectivity index (χ4v) is 2.50. The van der Waals surface area contributed by atoms with Gasteiger partial charge in [-0.3, -0.25) is 4.79 Å². The van der Waals surface area contributed by atoms with Gasteiger partial charge < -0.3 is 20.7 Å². The van der Waals surface area contributed by atoms with E-state index in [0.717, 1.165) is 0 Å². The molecular weight excluding hydrogens is 334 g/mol. The largest absolute Gasteiger partial charge is 0.481 e. The molecule has 0 aliphatic carbocycles. The molecule has 2 rings (SSSR count). The van der Waals surface area contributed by atoms with Crippen LogP contribution in [0.2, 0.25) is 5.02 Å². The highest BCUT2D eigenvalue weighted by Crippen LogP contribution is 2.32. The minimum atomic E-state index is -1.02. The summed E-state index contributed by atoms with van der Waals surface area (Å²) in [6.45, 7) is 0.142. The van der Waals surface area contributed by atoms with E-state index in [0.29, 0.717) is 22.1 Å². The molecule has 1 atom stereocenters. The van der Waals surface area contributed by atoms with Crippen molar-refractivity contribution in [1.29, 1.82) is 0 Å². The Labute approximate surface area is 143 Å². The van der Waals surface area contributed by atoms with Gasteiger partial charge in [0, 0.05) is 10.9 Å². The van der Waals surface area contributed by atoms with Crippen molar-refractivity contribution in [3.63, 3.8) is 0 Å². The number of nitrogens with two attached hydrogens (primary N) is 1. The van der Waals surface area contributed by atoms with Crippen molar-refractivity contribution in [2.45, 2.75) is 12.3 Å². The predicted molar refractivity (Wildman–Crippen MR) is 89.0 cm³/mol. The molecule has 4 N–H and O–H groups in total. The zero-order valence-electron chi connectivity index (χ0n) is 12.6. The van der Waals surface area contributed by atoms with Gasteiger partial charge in [-0.15, -0.1) is 0 Å². The van der Waals surface area contributed by atoms with E-state index in [1.54, 1.807) is 18.2 Å². The summed E-state index contributed by atoms with van der Waals surface area (Å²) >= 11 is 6.14. The van der Waals surface area contributed by atoms with Gasteiger partial charge in [0.05, 0.1) is 12.0 Å². The molecule has 0 aliphatic heterocycles. The molecule has 2 aromatic rings. The first-order valence-corrected chi connectivity index (χ1v) is 7.51. The minimum Gasteiger partial charge on any atom is -0.481 e. The summed E-state index contributed by atoms with van der Waals surface area (Å²) in [5.41, 5.74) is 6.41. The smallest absolute Gasteiger partial charge is 0.335 e. The van der Waals surface area contributed by atoms with Crippen LogP contribution >= 0.6 is 11.6 Å². The summed E-state index contributed by atoms with van der Waals surface area (Å²) in [6.07, 6.45) is -0.132. The molecule has 7 heteroatoms. The average Bonchev–Trinajstić information content (AvgIpc) is 2.55. The van der Waals surface area contributed by atoms with Gasteiger partial charge in [0.1, 0.15) is 11.5 Å². The zero-order valence-corrected chi connectivity index (χ0v) is 13.4. The van der Waals surface area contributed by atoms with Crippen LogP contribution in [0.1, 0.15) is 28.3 Å². The highest BCUT2D eigenvalue weighted by Gasteiger charge is 2.18. The van der Waals surface area contributed by atoms with E-state index in [1.165, 1.54) is 24.3 Å². The van der Waals surface area contributed by atoms with Gasteiger partial charge in [-0.25, -0.2) is 4.79 Å². The maximum absolute atomic E-state index is 10.9. The number of hydrogen-bond donors (Lipinski definition) is 3. The molecule has 0 saturated heterocycles. The van der Waals surface area contributed by atoms with Gasteiger partial charge >= 0.3 is 11.9 Å². The first-order chi connectivity index (χ1) is 11.4. The van der Waals surface area contributed by atoms with Crippen LogP contribution in [-0.4, -0.2) is 28.7 Å². The minimum absolute atomic E-state index is 0.132. The highest BCUT2D eigenvalue weighted by molar-refractivity contribution is 6.31. The van der Waals surface area contributed by atoms with E-state index in [9.17, 15) is 9.59 Å². The lowest BCUT2D eigenvalue weighted by molar-refractivity contribution is -0.137. The van der Waals surface area contributed by atoms with Gasteiger partial charge in [-0.1, -0.05) is 11.6 Å². The van der Waals surface area contributed by atoms with E-state index in [2.05, 4.69) is 0 Å². The molecule has 0 saturated carbocycles. The first-order valence-electron chi connectivity index (χ1n) is 7.13. The molecule has 0 radical (unpaired) electrons. The van der Waals surface area contributed by atoms with Crippen LogP contribution in [0.3, 0.4) is 0 Å². The Kier molecular flexibility index (Phi) is 5.78. The Balaban J connectivity index is 2.23. The first kappa shape index (κ1) is 17.8. The van der Waals surface area contributed by atoms with Crippen molar-refractivity contribution in [2.24, 2.45) is 5.73 Å². The quantitative estimate of drug-likeness (QED) is 0.707. The van der Waals surface area contributed by atoms with Crippen LogP contribution in [0.15, 0.2) is 42.5 Å². The number of carboxylic acid groups (broad SMARTS) is 2. The van der Waals surface area contributed by atoms with Crippen LogP contribution in [0.4, 0.5) is 0 Å². The summed E-state index contributed by atoms with van der Waals surface area (Å²) in [5, 5.41) is 18.3. The normalized spacial score (nSPS) is 11.8.